The summed E-state index contributed by atoms with van der Waals surface area (Å²) in [4.78, 5) is -1.92. The number of nitrogens with one attached hydrogen (secondary N) is 1. The van der Waals surface area contributed by atoms with Gasteiger partial charge in [-0.15, -0.1) is 0 Å². The summed E-state index contributed by atoms with van der Waals surface area (Å²) in [5.41, 5.74) is 0. The highest BCUT2D eigenvalue weighted by Crippen LogP contribution is 2.16. The molecule has 0 unspecified atom stereocenters. The lowest BCUT2D eigenvalue weighted by atomic mass is 10.2. The van der Waals surface area contributed by atoms with Gasteiger partial charge < -0.3 is 10.4 Å². The van der Waals surface area contributed by atoms with Crippen molar-refractivity contribution >= 4 is 10.1 Å². The summed E-state index contributed by atoms with van der Waals surface area (Å²) in [5, 5.41) is 11.4. The highest BCUT2D eigenvalue weighted by Gasteiger charge is 2.46. The number of hydrogen-bond acceptors (Lipinski definition) is 4. The van der Waals surface area contributed by atoms with Crippen LogP contribution in [0.3, 0.4) is 0 Å². The Bertz CT molecular complexity index is 204. The van der Waals surface area contributed by atoms with Crippen molar-refractivity contribution in [3.8, 4) is 0 Å². The molecule has 3 N–H and O–H groups in total. The van der Waals surface area contributed by atoms with E-state index in [-0.39, 0.29) is 13.1 Å². The quantitative estimate of drug-likeness (QED) is 0.385. The van der Waals surface area contributed by atoms with E-state index in [0.29, 0.717) is 0 Å². The Morgan fingerprint density at radius 2 is 1.89 bits per heavy atom. The van der Waals surface area contributed by atoms with E-state index < -0.39 is 15.1 Å². The van der Waals surface area contributed by atoms with E-state index in [1.807, 2.05) is 0 Å². The van der Waals surface area contributed by atoms with Crippen LogP contribution in [0.25, 0.3) is 0 Å². The second-order valence-corrected chi connectivity index (χ2v) is 3.73. The molecular weight excluding hydrogens is 146 g/mol. The lowest BCUT2D eigenvalue weighted by molar-refractivity contribution is 0.0606. The first-order valence-electron chi connectivity index (χ1n) is 2.36. The minimum absolute atomic E-state index is 0.0914. The fraction of sp³-hybridized carbons (Fsp3) is 1.00. The van der Waals surface area contributed by atoms with Crippen molar-refractivity contribution in [2.45, 2.75) is 4.93 Å². The molecule has 5 nitrogen and oxygen atoms in total. The normalized spacial score (nSPS) is 25.1. The van der Waals surface area contributed by atoms with Crippen molar-refractivity contribution in [2.75, 3.05) is 13.1 Å². The predicted molar refractivity (Wildman–Crippen MR) is 29.4 cm³/mol. The van der Waals surface area contributed by atoms with Crippen LogP contribution in [-0.4, -0.2) is 36.1 Å². The summed E-state index contributed by atoms with van der Waals surface area (Å²) < 4.78 is 28.7. The number of rotatable bonds is 1. The maximum absolute atomic E-state index is 10.2. The summed E-state index contributed by atoms with van der Waals surface area (Å²) >= 11 is 0. The van der Waals surface area contributed by atoms with Crippen LogP contribution >= 0.6 is 0 Å². The first-order valence-corrected chi connectivity index (χ1v) is 3.80. The van der Waals surface area contributed by atoms with Crippen LogP contribution in [0.2, 0.25) is 0 Å². The number of β-amino-alcohol motifs (C(OH)–C–C–N with tert-alkyl or cyclic N) is 1. The zero-order chi connectivity index (χ0) is 7.12. The summed E-state index contributed by atoms with van der Waals surface area (Å²) in [6, 6.07) is 0. The third-order valence-electron chi connectivity index (χ3n) is 1.28. The molecule has 0 atom stereocenters. The first kappa shape index (κ1) is 6.94. The van der Waals surface area contributed by atoms with Crippen LogP contribution in [0.1, 0.15) is 0 Å². The summed E-state index contributed by atoms with van der Waals surface area (Å²) in [5.74, 6) is 0. The van der Waals surface area contributed by atoms with Crippen LogP contribution in [0.5, 0.6) is 0 Å². The smallest absolute Gasteiger partial charge is 0.297 e. The Hall–Kier alpha value is -0.170. The van der Waals surface area contributed by atoms with Gasteiger partial charge >= 0.3 is 0 Å². The van der Waals surface area contributed by atoms with Crippen LogP contribution in [-0.2, 0) is 10.1 Å². The largest absolute Gasteiger partial charge is 0.371 e. The molecule has 0 spiro atoms. The van der Waals surface area contributed by atoms with Gasteiger partial charge in [-0.2, -0.15) is 8.42 Å². The van der Waals surface area contributed by atoms with Crippen LogP contribution < -0.4 is 5.32 Å². The molecule has 0 radical (unpaired) electrons. The van der Waals surface area contributed by atoms with Gasteiger partial charge in [0.05, 0.1) is 0 Å². The number of aliphatic hydroxyl groups is 1. The summed E-state index contributed by atoms with van der Waals surface area (Å²) in [7, 11) is -4.27. The topological polar surface area (TPSA) is 86.6 Å². The van der Waals surface area contributed by atoms with E-state index in [0.717, 1.165) is 0 Å². The molecule has 1 rings (SSSR count). The molecule has 1 heterocycles. The summed E-state index contributed by atoms with van der Waals surface area (Å²) in [6.07, 6.45) is 0. The van der Waals surface area contributed by atoms with Gasteiger partial charge in [0.1, 0.15) is 0 Å². The first-order chi connectivity index (χ1) is 3.96. The van der Waals surface area contributed by atoms with Crippen LogP contribution in [0.4, 0.5) is 0 Å². The van der Waals surface area contributed by atoms with Gasteiger partial charge in [0, 0.05) is 13.1 Å². The SMILES string of the molecule is O=S(=O)(O)C1(O)CNC1. The zero-order valence-corrected chi connectivity index (χ0v) is 5.35. The van der Waals surface area contributed by atoms with Crippen LogP contribution in [0, 0.1) is 0 Å². The molecule has 54 valence electrons. The average Bonchev–Trinajstić information content (AvgIpc) is 1.57. The molecule has 1 aliphatic rings. The molecule has 0 aromatic heterocycles. The monoisotopic (exact) mass is 153 g/mol. The summed E-state index contributed by atoms with van der Waals surface area (Å²) in [6.45, 7) is -0.183. The molecule has 1 aliphatic heterocycles. The van der Waals surface area contributed by atoms with E-state index in [1.165, 1.54) is 0 Å². The Morgan fingerprint density at radius 1 is 1.44 bits per heavy atom. The molecule has 0 aromatic carbocycles. The molecule has 0 aromatic rings. The fourth-order valence-electron chi connectivity index (χ4n) is 0.521. The maximum atomic E-state index is 10.2. The second kappa shape index (κ2) is 1.66. The van der Waals surface area contributed by atoms with Crippen molar-refractivity contribution < 1.29 is 18.1 Å². The Morgan fingerprint density at radius 3 is 1.89 bits per heavy atom. The van der Waals surface area contributed by atoms with Gasteiger partial charge in [-0.25, -0.2) is 0 Å². The van der Waals surface area contributed by atoms with Gasteiger partial charge in [-0.05, 0) is 0 Å². The molecule has 9 heavy (non-hydrogen) atoms. The molecule has 1 fully saturated rings. The van der Waals surface area contributed by atoms with E-state index in [1.54, 1.807) is 0 Å². The van der Waals surface area contributed by atoms with Crippen molar-refractivity contribution in [3.05, 3.63) is 0 Å². The Balaban J connectivity index is 2.84. The Kier molecular flexibility index (Phi) is 1.28. The van der Waals surface area contributed by atoms with Gasteiger partial charge in [-0.3, -0.25) is 4.55 Å². The number of hydrogen-bond donors (Lipinski definition) is 3. The van der Waals surface area contributed by atoms with E-state index in [2.05, 4.69) is 5.32 Å². The van der Waals surface area contributed by atoms with E-state index in [4.69, 9.17) is 9.66 Å². The molecule has 0 bridgehead atoms. The average molecular weight is 153 g/mol. The lowest BCUT2D eigenvalue weighted by Gasteiger charge is -2.33. The van der Waals surface area contributed by atoms with Crippen molar-refractivity contribution in [3.63, 3.8) is 0 Å². The van der Waals surface area contributed by atoms with Gasteiger partial charge in [0.2, 0.25) is 4.93 Å². The third-order valence-corrected chi connectivity index (χ3v) is 2.53. The van der Waals surface area contributed by atoms with Crippen LogP contribution in [0.15, 0.2) is 0 Å². The molecule has 0 amide bonds. The third kappa shape index (κ3) is 0.940. The predicted octanol–water partition coefficient (Wildman–Crippen LogP) is -1.83. The molecule has 0 aliphatic carbocycles. The van der Waals surface area contributed by atoms with Crippen molar-refractivity contribution in [2.24, 2.45) is 0 Å². The zero-order valence-electron chi connectivity index (χ0n) is 4.53. The molecule has 6 heteroatoms. The minimum atomic E-state index is -4.27. The lowest BCUT2D eigenvalue weighted by Crippen LogP contribution is -2.63. The highest BCUT2D eigenvalue weighted by atomic mass is 32.2. The van der Waals surface area contributed by atoms with Crippen molar-refractivity contribution in [1.82, 2.24) is 5.32 Å². The van der Waals surface area contributed by atoms with E-state index in [9.17, 15) is 8.42 Å². The van der Waals surface area contributed by atoms with Gasteiger partial charge in [-0.1, -0.05) is 0 Å². The standard InChI is InChI=1S/C3H7NO4S/c5-3(1-4-2-3)9(6,7)8/h4-5H,1-2H2,(H,6,7,8). The van der Waals surface area contributed by atoms with Gasteiger partial charge in [0.25, 0.3) is 10.1 Å². The molecule has 0 saturated carbocycles. The minimum Gasteiger partial charge on any atom is -0.371 e. The second-order valence-electron chi connectivity index (χ2n) is 2.02. The Labute approximate surface area is 52.4 Å². The fourth-order valence-corrected chi connectivity index (χ4v) is 1.09. The highest BCUT2D eigenvalue weighted by molar-refractivity contribution is 7.87. The molecule has 1 saturated heterocycles. The van der Waals surface area contributed by atoms with E-state index >= 15 is 0 Å². The van der Waals surface area contributed by atoms with Crippen molar-refractivity contribution in [1.29, 1.82) is 0 Å². The molecular formula is C3H7NO4S. The van der Waals surface area contributed by atoms with Gasteiger partial charge in [0.15, 0.2) is 0 Å². The maximum Gasteiger partial charge on any atom is 0.297 e.